The first-order valence-corrected chi connectivity index (χ1v) is 8.23. The van der Waals surface area contributed by atoms with Crippen molar-refractivity contribution in [3.63, 3.8) is 0 Å². The van der Waals surface area contributed by atoms with Crippen LogP contribution < -0.4 is 0 Å². The molecule has 0 aliphatic carbocycles. The minimum absolute atomic E-state index is 0.0724. The molecule has 8 heteroatoms. The standard InChI is InChI=1S/C13H19O7P/c1-3-17-19-21(15,20-18-4-2)11-13(14)16-10-12-8-6-5-7-9-12/h5-9H,3-4,10-11H2,1-2H3. The van der Waals surface area contributed by atoms with Gasteiger partial charge in [0.15, 0.2) is 6.16 Å². The Morgan fingerprint density at radius 2 is 1.62 bits per heavy atom. The monoisotopic (exact) mass is 318 g/mol. The van der Waals surface area contributed by atoms with E-state index < -0.39 is 19.7 Å². The summed E-state index contributed by atoms with van der Waals surface area (Å²) in [6, 6.07) is 9.11. The molecule has 0 heterocycles. The van der Waals surface area contributed by atoms with Crippen LogP contribution in [-0.4, -0.2) is 25.3 Å². The van der Waals surface area contributed by atoms with Gasteiger partial charge in [-0.05, 0) is 19.4 Å². The zero-order valence-corrected chi connectivity index (χ0v) is 12.9. The van der Waals surface area contributed by atoms with Gasteiger partial charge in [0, 0.05) is 0 Å². The Morgan fingerprint density at radius 1 is 1.05 bits per heavy atom. The molecule has 1 aromatic rings. The van der Waals surface area contributed by atoms with Gasteiger partial charge < -0.3 is 4.74 Å². The van der Waals surface area contributed by atoms with Gasteiger partial charge in [-0.2, -0.15) is 0 Å². The van der Waals surface area contributed by atoms with Crippen LogP contribution >= 0.6 is 7.60 Å². The van der Waals surface area contributed by atoms with E-state index in [4.69, 9.17) is 4.74 Å². The number of hydrogen-bond acceptors (Lipinski definition) is 7. The van der Waals surface area contributed by atoms with E-state index in [2.05, 4.69) is 19.1 Å². The van der Waals surface area contributed by atoms with Crippen LogP contribution in [0.1, 0.15) is 19.4 Å². The molecule has 0 fully saturated rings. The molecule has 0 radical (unpaired) electrons. The second kappa shape index (κ2) is 9.65. The summed E-state index contributed by atoms with van der Waals surface area (Å²) in [5.41, 5.74) is 0.817. The van der Waals surface area contributed by atoms with Crippen molar-refractivity contribution >= 4 is 13.6 Å². The van der Waals surface area contributed by atoms with Crippen molar-refractivity contribution in [1.29, 1.82) is 0 Å². The average Bonchev–Trinajstić information content (AvgIpc) is 2.50. The van der Waals surface area contributed by atoms with Gasteiger partial charge in [0.25, 0.3) is 0 Å². The molecule has 0 bridgehead atoms. The summed E-state index contributed by atoms with van der Waals surface area (Å²) in [4.78, 5) is 20.9. The fourth-order valence-electron chi connectivity index (χ4n) is 1.27. The van der Waals surface area contributed by atoms with Crippen molar-refractivity contribution < 1.29 is 33.2 Å². The maximum atomic E-state index is 12.2. The molecule has 0 saturated carbocycles. The minimum atomic E-state index is -3.85. The molecule has 7 nitrogen and oxygen atoms in total. The Hall–Kier alpha value is -1.24. The van der Waals surface area contributed by atoms with Gasteiger partial charge in [-0.25, -0.2) is 9.78 Å². The van der Waals surface area contributed by atoms with Gasteiger partial charge in [-0.15, -0.1) is 9.35 Å². The van der Waals surface area contributed by atoms with Gasteiger partial charge in [0.2, 0.25) is 0 Å². The largest absolute Gasteiger partial charge is 0.460 e. The van der Waals surface area contributed by atoms with Gasteiger partial charge in [0.05, 0.1) is 13.2 Å². The van der Waals surface area contributed by atoms with Crippen molar-refractivity contribution in [1.82, 2.24) is 0 Å². The number of esters is 1. The lowest BCUT2D eigenvalue weighted by Gasteiger charge is -2.14. The Morgan fingerprint density at radius 3 is 2.14 bits per heavy atom. The smallest absolute Gasteiger partial charge is 0.395 e. The third-order valence-corrected chi connectivity index (χ3v) is 3.44. The molecule has 0 atom stereocenters. The molecule has 0 aliphatic heterocycles. The van der Waals surface area contributed by atoms with Crippen LogP contribution in [0.3, 0.4) is 0 Å². The number of rotatable bonds is 10. The predicted octanol–water partition coefficient (Wildman–Crippen LogP) is 2.86. The molecule has 0 N–H and O–H groups in total. The van der Waals surface area contributed by atoms with Crippen LogP contribution in [-0.2, 0) is 39.8 Å². The van der Waals surface area contributed by atoms with Crippen molar-refractivity contribution in [3.05, 3.63) is 35.9 Å². The highest BCUT2D eigenvalue weighted by molar-refractivity contribution is 7.54. The van der Waals surface area contributed by atoms with Crippen molar-refractivity contribution in [3.8, 4) is 0 Å². The van der Waals surface area contributed by atoms with E-state index in [0.717, 1.165) is 5.56 Å². The summed E-state index contributed by atoms with van der Waals surface area (Å²) in [6.07, 6.45) is -0.597. The summed E-state index contributed by atoms with van der Waals surface area (Å²) in [5, 5.41) is 0. The number of carbonyl (C=O) groups excluding carboxylic acids is 1. The molecule has 0 saturated heterocycles. The van der Waals surface area contributed by atoms with E-state index >= 15 is 0 Å². The molecule has 118 valence electrons. The number of benzene rings is 1. The van der Waals surface area contributed by atoms with E-state index in [0.29, 0.717) is 0 Å². The highest BCUT2D eigenvalue weighted by Gasteiger charge is 2.32. The van der Waals surface area contributed by atoms with Crippen molar-refractivity contribution in [2.45, 2.75) is 20.5 Å². The van der Waals surface area contributed by atoms with E-state index in [1.54, 1.807) is 26.0 Å². The molecule has 0 amide bonds. The highest BCUT2D eigenvalue weighted by Crippen LogP contribution is 2.48. The quantitative estimate of drug-likeness (QED) is 0.284. The van der Waals surface area contributed by atoms with Crippen LogP contribution in [0.15, 0.2) is 30.3 Å². The van der Waals surface area contributed by atoms with Gasteiger partial charge >= 0.3 is 13.6 Å². The minimum Gasteiger partial charge on any atom is -0.460 e. The van der Waals surface area contributed by atoms with E-state index in [9.17, 15) is 9.36 Å². The first kappa shape index (κ1) is 17.8. The van der Waals surface area contributed by atoms with Crippen LogP contribution in [0.5, 0.6) is 0 Å². The van der Waals surface area contributed by atoms with Crippen LogP contribution in [0.25, 0.3) is 0 Å². The second-order valence-corrected chi connectivity index (χ2v) is 5.71. The molecule has 21 heavy (non-hydrogen) atoms. The lowest BCUT2D eigenvalue weighted by molar-refractivity contribution is -0.263. The summed E-state index contributed by atoms with van der Waals surface area (Å²) >= 11 is 0. The summed E-state index contributed by atoms with van der Waals surface area (Å²) < 4.78 is 26.4. The maximum absolute atomic E-state index is 12.2. The molecule has 0 spiro atoms. The van der Waals surface area contributed by atoms with Crippen molar-refractivity contribution in [2.24, 2.45) is 0 Å². The lowest BCUT2D eigenvalue weighted by Crippen LogP contribution is -2.13. The van der Waals surface area contributed by atoms with Crippen LogP contribution in [0.2, 0.25) is 0 Å². The van der Waals surface area contributed by atoms with E-state index in [1.165, 1.54) is 0 Å². The van der Waals surface area contributed by atoms with Crippen LogP contribution in [0, 0.1) is 0 Å². The first-order valence-electron chi connectivity index (χ1n) is 6.50. The fraction of sp³-hybridized carbons (Fsp3) is 0.462. The molecule has 1 aromatic carbocycles. The second-order valence-electron chi connectivity index (χ2n) is 3.88. The summed E-state index contributed by atoms with van der Waals surface area (Å²) in [5.74, 6) is -0.735. The zero-order chi connectivity index (χ0) is 15.6. The van der Waals surface area contributed by atoms with E-state index in [1.807, 2.05) is 18.2 Å². The Balaban J connectivity index is 2.49. The summed E-state index contributed by atoms with van der Waals surface area (Å²) in [6.45, 7) is 3.65. The third-order valence-electron chi connectivity index (χ3n) is 2.13. The van der Waals surface area contributed by atoms with Crippen LogP contribution in [0.4, 0.5) is 0 Å². The number of carbonyl (C=O) groups is 1. The van der Waals surface area contributed by atoms with E-state index in [-0.39, 0.29) is 19.8 Å². The Kier molecular flexibility index (Phi) is 8.19. The average molecular weight is 318 g/mol. The zero-order valence-electron chi connectivity index (χ0n) is 12.0. The number of ether oxygens (including phenoxy) is 1. The summed E-state index contributed by atoms with van der Waals surface area (Å²) in [7, 11) is -3.85. The normalized spacial score (nSPS) is 11.3. The highest BCUT2D eigenvalue weighted by atomic mass is 31.2. The van der Waals surface area contributed by atoms with Gasteiger partial charge in [-0.1, -0.05) is 30.3 Å². The third kappa shape index (κ3) is 7.36. The molecular formula is C13H19O7P. The van der Waals surface area contributed by atoms with Crippen molar-refractivity contribution in [2.75, 3.05) is 19.4 Å². The molecule has 1 rings (SSSR count). The topological polar surface area (TPSA) is 80.3 Å². The Labute approximate surface area is 123 Å². The molecule has 0 aromatic heterocycles. The SMILES string of the molecule is CCOOP(=O)(CC(=O)OCc1ccccc1)OOCC. The lowest BCUT2D eigenvalue weighted by atomic mass is 10.2. The first-order chi connectivity index (χ1) is 10.1. The molecule has 0 unspecified atom stereocenters. The maximum Gasteiger partial charge on any atom is 0.395 e. The fourth-order valence-corrected chi connectivity index (χ4v) is 2.34. The Bertz CT molecular complexity index is 451. The predicted molar refractivity (Wildman–Crippen MR) is 74.1 cm³/mol. The van der Waals surface area contributed by atoms with Gasteiger partial charge in [-0.3, -0.25) is 9.36 Å². The molecule has 0 aliphatic rings. The molecular weight excluding hydrogens is 299 g/mol. The van der Waals surface area contributed by atoms with Gasteiger partial charge in [0.1, 0.15) is 6.61 Å². The number of hydrogen-bond donors (Lipinski definition) is 0.